The van der Waals surface area contributed by atoms with Gasteiger partial charge < -0.3 is 10.0 Å². The van der Waals surface area contributed by atoms with Crippen molar-refractivity contribution in [2.24, 2.45) is 0 Å². The van der Waals surface area contributed by atoms with Crippen LogP contribution in [-0.2, 0) is 19.7 Å². The number of benzene rings is 1. The Morgan fingerprint density at radius 2 is 1.62 bits per heavy atom. The van der Waals surface area contributed by atoms with Gasteiger partial charge >= 0.3 is 0 Å². The van der Waals surface area contributed by atoms with Crippen molar-refractivity contribution in [3.8, 4) is 0 Å². The summed E-state index contributed by atoms with van der Waals surface area (Å²) < 4.78 is 47.1. The van der Waals surface area contributed by atoms with Gasteiger partial charge in [0.1, 0.15) is 0 Å². The largest absolute Gasteiger partial charge is 0.393 e. The fourth-order valence-corrected chi connectivity index (χ4v) is 4.03. The molecule has 2 rings (SSSR count). The van der Waals surface area contributed by atoms with Crippen LogP contribution in [-0.4, -0.2) is 53.6 Å². The van der Waals surface area contributed by atoms with Crippen LogP contribution in [0.1, 0.15) is 12.8 Å². The van der Waals surface area contributed by atoms with E-state index in [1.54, 1.807) is 0 Å². The van der Waals surface area contributed by atoms with E-state index in [0.717, 1.165) is 12.5 Å². The molecule has 1 N–H and O–H groups in total. The molecule has 1 fully saturated rings. The lowest BCUT2D eigenvalue weighted by Crippen LogP contribution is -2.36. The number of anilines is 1. The van der Waals surface area contributed by atoms with Gasteiger partial charge in [-0.15, -0.1) is 0 Å². The number of nitrogens with zero attached hydrogens (tertiary/aromatic N) is 1. The second kappa shape index (κ2) is 5.58. The third kappa shape index (κ3) is 3.75. The average Bonchev–Trinajstić information content (AvgIpc) is 2.37. The normalized spacial score (nSPS) is 18.0. The van der Waals surface area contributed by atoms with Crippen LogP contribution in [0.4, 0.5) is 5.69 Å². The Balaban J connectivity index is 2.51. The maximum atomic E-state index is 12.0. The van der Waals surface area contributed by atoms with E-state index < -0.39 is 19.7 Å². The highest BCUT2D eigenvalue weighted by atomic mass is 32.2. The lowest BCUT2D eigenvalue weighted by molar-refractivity contribution is 0.145. The standard InChI is InChI=1S/C13H19NO5S2/c1-20(16,17)11-3-4-12(13(9-11)21(2,18)19)14-7-5-10(15)6-8-14/h3-4,9-10,15H,5-8H2,1-2H3. The highest BCUT2D eigenvalue weighted by Gasteiger charge is 2.24. The summed E-state index contributed by atoms with van der Waals surface area (Å²) >= 11 is 0. The van der Waals surface area contributed by atoms with Gasteiger partial charge in [-0.25, -0.2) is 16.8 Å². The van der Waals surface area contributed by atoms with Crippen molar-refractivity contribution in [3.05, 3.63) is 18.2 Å². The average molecular weight is 333 g/mol. The highest BCUT2D eigenvalue weighted by Crippen LogP contribution is 2.30. The predicted octanol–water partition coefficient (Wildman–Crippen LogP) is 0.455. The Bertz CT molecular complexity index is 732. The van der Waals surface area contributed by atoms with Crippen LogP contribution < -0.4 is 4.90 Å². The summed E-state index contributed by atoms with van der Waals surface area (Å²) in [4.78, 5) is 1.88. The summed E-state index contributed by atoms with van der Waals surface area (Å²) in [5.74, 6) is 0. The molecule has 1 aromatic carbocycles. The fraction of sp³-hybridized carbons (Fsp3) is 0.538. The van der Waals surface area contributed by atoms with Crippen molar-refractivity contribution in [1.82, 2.24) is 0 Å². The minimum atomic E-state index is -3.55. The number of sulfone groups is 2. The highest BCUT2D eigenvalue weighted by molar-refractivity contribution is 7.91. The van der Waals surface area contributed by atoms with Crippen LogP contribution in [0.2, 0.25) is 0 Å². The molecule has 1 aromatic rings. The van der Waals surface area contributed by atoms with Gasteiger partial charge in [0.25, 0.3) is 0 Å². The molecular weight excluding hydrogens is 314 g/mol. The molecular formula is C13H19NO5S2. The molecule has 0 unspecified atom stereocenters. The first-order valence-corrected chi connectivity index (χ1v) is 10.3. The van der Waals surface area contributed by atoms with E-state index in [1.807, 2.05) is 4.90 Å². The number of piperidine rings is 1. The molecule has 6 nitrogen and oxygen atoms in total. The maximum absolute atomic E-state index is 12.0. The summed E-state index contributed by atoms with van der Waals surface area (Å²) in [7, 11) is -7.01. The molecule has 0 radical (unpaired) electrons. The quantitative estimate of drug-likeness (QED) is 0.864. The smallest absolute Gasteiger partial charge is 0.177 e. The number of hydrogen-bond acceptors (Lipinski definition) is 6. The Morgan fingerprint density at radius 1 is 1.05 bits per heavy atom. The molecule has 1 aliphatic rings. The second-order valence-electron chi connectivity index (χ2n) is 5.39. The molecule has 0 aromatic heterocycles. The van der Waals surface area contributed by atoms with E-state index in [-0.39, 0.29) is 15.9 Å². The summed E-state index contributed by atoms with van der Waals surface area (Å²) in [6.07, 6.45) is 2.88. The zero-order valence-corrected chi connectivity index (χ0v) is 13.6. The Labute approximate surface area is 125 Å². The zero-order chi connectivity index (χ0) is 15.8. The first-order chi connectivity index (χ1) is 9.59. The van der Waals surface area contributed by atoms with Gasteiger partial charge in [-0.05, 0) is 31.0 Å². The first kappa shape index (κ1) is 16.3. The van der Waals surface area contributed by atoms with Gasteiger partial charge in [0.2, 0.25) is 0 Å². The molecule has 1 aliphatic heterocycles. The lowest BCUT2D eigenvalue weighted by Gasteiger charge is -2.32. The van der Waals surface area contributed by atoms with Gasteiger partial charge in [0.15, 0.2) is 19.7 Å². The number of aliphatic hydroxyl groups excluding tert-OH is 1. The summed E-state index contributed by atoms with van der Waals surface area (Å²) in [5, 5.41) is 9.53. The van der Waals surface area contributed by atoms with Crippen molar-refractivity contribution in [2.75, 3.05) is 30.5 Å². The first-order valence-electron chi connectivity index (χ1n) is 6.56. The fourth-order valence-electron chi connectivity index (χ4n) is 2.39. The third-order valence-electron chi connectivity index (χ3n) is 3.56. The molecule has 1 saturated heterocycles. The molecule has 0 spiro atoms. The molecule has 0 atom stereocenters. The van der Waals surface area contributed by atoms with Gasteiger partial charge in [-0.2, -0.15) is 0 Å². The van der Waals surface area contributed by atoms with E-state index in [2.05, 4.69) is 0 Å². The van der Waals surface area contributed by atoms with E-state index in [9.17, 15) is 21.9 Å². The van der Waals surface area contributed by atoms with Gasteiger partial charge in [0, 0.05) is 25.6 Å². The molecule has 0 amide bonds. The van der Waals surface area contributed by atoms with E-state index in [4.69, 9.17) is 0 Å². The van der Waals surface area contributed by atoms with Crippen LogP contribution in [0.25, 0.3) is 0 Å². The summed E-state index contributed by atoms with van der Waals surface area (Å²) in [5.41, 5.74) is 0.497. The molecule has 0 saturated carbocycles. The molecule has 8 heteroatoms. The minimum absolute atomic E-state index is 0.0104. The van der Waals surface area contributed by atoms with Crippen molar-refractivity contribution >= 4 is 25.4 Å². The van der Waals surface area contributed by atoms with E-state index in [0.29, 0.717) is 31.6 Å². The molecule has 1 heterocycles. The van der Waals surface area contributed by atoms with E-state index >= 15 is 0 Å². The SMILES string of the molecule is CS(=O)(=O)c1ccc(N2CCC(O)CC2)c(S(C)(=O)=O)c1. The van der Waals surface area contributed by atoms with Crippen LogP contribution in [0, 0.1) is 0 Å². The molecule has 0 bridgehead atoms. The number of aliphatic hydroxyl groups is 1. The van der Waals surface area contributed by atoms with Crippen LogP contribution >= 0.6 is 0 Å². The summed E-state index contributed by atoms with van der Waals surface area (Å²) in [6, 6.07) is 4.17. The summed E-state index contributed by atoms with van der Waals surface area (Å²) in [6.45, 7) is 1.09. The zero-order valence-electron chi connectivity index (χ0n) is 12.0. The van der Waals surface area contributed by atoms with Gasteiger partial charge in [0.05, 0.1) is 21.6 Å². The van der Waals surface area contributed by atoms with Crippen LogP contribution in [0.15, 0.2) is 28.0 Å². The van der Waals surface area contributed by atoms with Crippen molar-refractivity contribution < 1.29 is 21.9 Å². The number of rotatable bonds is 3. The lowest BCUT2D eigenvalue weighted by atomic mass is 10.1. The Kier molecular flexibility index (Phi) is 4.32. The van der Waals surface area contributed by atoms with Crippen LogP contribution in [0.3, 0.4) is 0 Å². The molecule has 21 heavy (non-hydrogen) atoms. The number of hydrogen-bond donors (Lipinski definition) is 1. The molecule has 0 aliphatic carbocycles. The van der Waals surface area contributed by atoms with Crippen LogP contribution in [0.5, 0.6) is 0 Å². The van der Waals surface area contributed by atoms with Crippen molar-refractivity contribution in [2.45, 2.75) is 28.7 Å². The third-order valence-corrected chi connectivity index (χ3v) is 5.80. The Hall–Kier alpha value is -1.12. The topological polar surface area (TPSA) is 91.8 Å². The maximum Gasteiger partial charge on any atom is 0.177 e. The second-order valence-corrected chi connectivity index (χ2v) is 9.39. The van der Waals surface area contributed by atoms with E-state index in [1.165, 1.54) is 18.2 Å². The van der Waals surface area contributed by atoms with Gasteiger partial charge in [-0.1, -0.05) is 0 Å². The Morgan fingerprint density at radius 3 is 2.10 bits per heavy atom. The van der Waals surface area contributed by atoms with Gasteiger partial charge in [-0.3, -0.25) is 0 Å². The van der Waals surface area contributed by atoms with Crippen molar-refractivity contribution in [3.63, 3.8) is 0 Å². The minimum Gasteiger partial charge on any atom is -0.393 e. The molecule has 118 valence electrons. The van der Waals surface area contributed by atoms with Crippen molar-refractivity contribution in [1.29, 1.82) is 0 Å². The predicted molar refractivity (Wildman–Crippen MR) is 80.1 cm³/mol. The monoisotopic (exact) mass is 333 g/mol.